The van der Waals surface area contributed by atoms with Crippen LogP contribution in [-0.2, 0) is 9.53 Å². The number of nitrogens with one attached hydrogen (secondary N) is 1. The second-order valence-electron chi connectivity index (χ2n) is 3.15. The Balaban J connectivity index is 2.68. The molecule has 0 aromatic heterocycles. The van der Waals surface area contributed by atoms with Crippen molar-refractivity contribution < 1.29 is 14.3 Å². The zero-order valence-corrected chi connectivity index (χ0v) is 9.45. The van der Waals surface area contributed by atoms with Crippen LogP contribution in [0.4, 0.5) is 11.4 Å². The number of benzene rings is 1. The second kappa shape index (κ2) is 5.85. The van der Waals surface area contributed by atoms with Gasteiger partial charge in [0.15, 0.2) is 0 Å². The van der Waals surface area contributed by atoms with Gasteiger partial charge in [0, 0.05) is 23.5 Å². The maximum absolute atomic E-state index is 10.9. The van der Waals surface area contributed by atoms with Crippen LogP contribution >= 0.6 is 0 Å². The van der Waals surface area contributed by atoms with Gasteiger partial charge in [-0.2, -0.15) is 0 Å². The summed E-state index contributed by atoms with van der Waals surface area (Å²) in [6, 6.07) is 5.24. The van der Waals surface area contributed by atoms with Gasteiger partial charge in [-0.3, -0.25) is 4.79 Å². The Labute approximate surface area is 94.5 Å². The van der Waals surface area contributed by atoms with E-state index in [0.717, 1.165) is 5.69 Å². The Morgan fingerprint density at radius 3 is 2.81 bits per heavy atom. The summed E-state index contributed by atoms with van der Waals surface area (Å²) in [7, 11) is 1.34. The summed E-state index contributed by atoms with van der Waals surface area (Å²) in [5, 5.41) is 2.90. The van der Waals surface area contributed by atoms with Gasteiger partial charge < -0.3 is 20.5 Å². The molecule has 5 heteroatoms. The van der Waals surface area contributed by atoms with Crippen molar-refractivity contribution in [2.45, 2.75) is 6.92 Å². The van der Waals surface area contributed by atoms with Gasteiger partial charge in [-0.15, -0.1) is 0 Å². The molecule has 3 N–H and O–H groups in total. The van der Waals surface area contributed by atoms with E-state index in [0.29, 0.717) is 18.0 Å². The number of methoxy groups -OCH3 is 1. The topological polar surface area (TPSA) is 73.6 Å². The van der Waals surface area contributed by atoms with Crippen LogP contribution in [0.5, 0.6) is 5.75 Å². The molecule has 88 valence electrons. The Morgan fingerprint density at radius 2 is 2.19 bits per heavy atom. The molecule has 0 radical (unpaired) electrons. The van der Waals surface area contributed by atoms with E-state index in [4.69, 9.17) is 10.5 Å². The van der Waals surface area contributed by atoms with Crippen molar-refractivity contribution in [1.82, 2.24) is 0 Å². The van der Waals surface area contributed by atoms with Crippen LogP contribution < -0.4 is 15.8 Å². The molecule has 0 aliphatic rings. The Hall–Kier alpha value is -1.91. The lowest BCUT2D eigenvalue weighted by Gasteiger charge is -2.09. The maximum atomic E-state index is 10.9. The number of anilines is 2. The van der Waals surface area contributed by atoms with E-state index in [1.807, 2.05) is 6.92 Å². The van der Waals surface area contributed by atoms with Gasteiger partial charge in [0.2, 0.25) is 0 Å². The van der Waals surface area contributed by atoms with Crippen LogP contribution in [0.25, 0.3) is 0 Å². The molecular formula is C11H16N2O3. The summed E-state index contributed by atoms with van der Waals surface area (Å²) in [6.07, 6.45) is 0. The molecule has 1 aromatic rings. The fourth-order valence-electron chi connectivity index (χ4n) is 1.22. The van der Waals surface area contributed by atoms with Crippen molar-refractivity contribution >= 4 is 17.3 Å². The molecule has 0 aliphatic carbocycles. The number of ether oxygens (including phenoxy) is 2. The van der Waals surface area contributed by atoms with Crippen molar-refractivity contribution in [2.24, 2.45) is 0 Å². The molecule has 0 unspecified atom stereocenters. The molecule has 0 atom stereocenters. The number of esters is 1. The van der Waals surface area contributed by atoms with E-state index in [1.54, 1.807) is 18.2 Å². The number of carbonyl (C=O) groups excluding carboxylic acids is 1. The number of nitrogen functional groups attached to an aromatic ring is 1. The molecular weight excluding hydrogens is 208 g/mol. The summed E-state index contributed by atoms with van der Waals surface area (Å²) >= 11 is 0. The highest BCUT2D eigenvalue weighted by Crippen LogP contribution is 2.22. The van der Waals surface area contributed by atoms with E-state index in [9.17, 15) is 4.79 Å². The van der Waals surface area contributed by atoms with Gasteiger partial charge >= 0.3 is 5.97 Å². The molecule has 0 saturated carbocycles. The largest absolute Gasteiger partial charge is 0.494 e. The van der Waals surface area contributed by atoms with Gasteiger partial charge in [-0.05, 0) is 13.0 Å². The lowest BCUT2D eigenvalue weighted by molar-refractivity contribution is -0.138. The molecule has 0 fully saturated rings. The highest BCUT2D eigenvalue weighted by atomic mass is 16.5. The fourth-order valence-corrected chi connectivity index (χ4v) is 1.22. The number of nitrogens with two attached hydrogens (primary N) is 1. The fraction of sp³-hybridized carbons (Fsp3) is 0.364. The van der Waals surface area contributed by atoms with Crippen molar-refractivity contribution in [2.75, 3.05) is 31.3 Å². The normalized spacial score (nSPS) is 9.62. The van der Waals surface area contributed by atoms with Gasteiger partial charge in [0.25, 0.3) is 0 Å². The molecule has 1 rings (SSSR count). The van der Waals surface area contributed by atoms with Crippen LogP contribution in [0.15, 0.2) is 18.2 Å². The first kappa shape index (κ1) is 12.2. The highest BCUT2D eigenvalue weighted by Gasteiger charge is 2.02. The van der Waals surface area contributed by atoms with E-state index in [-0.39, 0.29) is 12.5 Å². The van der Waals surface area contributed by atoms with Crippen LogP contribution in [0.2, 0.25) is 0 Å². The maximum Gasteiger partial charge on any atom is 0.325 e. The Morgan fingerprint density at radius 1 is 1.44 bits per heavy atom. The molecule has 0 spiro atoms. The quantitative estimate of drug-likeness (QED) is 0.581. The van der Waals surface area contributed by atoms with E-state index >= 15 is 0 Å². The number of rotatable bonds is 5. The molecule has 0 amide bonds. The summed E-state index contributed by atoms with van der Waals surface area (Å²) in [6.45, 7) is 2.57. The standard InChI is InChI=1S/C11H16N2O3/c1-3-16-10-5-8(12)4-9(6-10)13-7-11(14)15-2/h4-6,13H,3,7,12H2,1-2H3. The number of hydrogen-bond acceptors (Lipinski definition) is 5. The van der Waals surface area contributed by atoms with Gasteiger partial charge in [-0.1, -0.05) is 0 Å². The van der Waals surface area contributed by atoms with Crippen molar-refractivity contribution in [3.8, 4) is 5.75 Å². The predicted molar refractivity (Wildman–Crippen MR) is 62.5 cm³/mol. The minimum Gasteiger partial charge on any atom is -0.494 e. The average molecular weight is 224 g/mol. The SMILES string of the molecule is CCOc1cc(N)cc(NCC(=O)OC)c1. The van der Waals surface area contributed by atoms with Crippen LogP contribution in [0.3, 0.4) is 0 Å². The zero-order valence-electron chi connectivity index (χ0n) is 9.45. The third-order valence-corrected chi connectivity index (χ3v) is 1.90. The van der Waals surface area contributed by atoms with E-state index < -0.39 is 0 Å². The molecule has 5 nitrogen and oxygen atoms in total. The molecule has 16 heavy (non-hydrogen) atoms. The minimum absolute atomic E-state index is 0.103. The summed E-state index contributed by atoms with van der Waals surface area (Å²) in [5.41, 5.74) is 7.00. The molecule has 0 saturated heterocycles. The third kappa shape index (κ3) is 3.68. The monoisotopic (exact) mass is 224 g/mol. The Bertz CT molecular complexity index is 366. The van der Waals surface area contributed by atoms with Crippen LogP contribution in [0, 0.1) is 0 Å². The van der Waals surface area contributed by atoms with Crippen LogP contribution in [-0.4, -0.2) is 26.2 Å². The summed E-state index contributed by atoms with van der Waals surface area (Å²) in [4.78, 5) is 10.9. The van der Waals surface area contributed by atoms with E-state index in [2.05, 4.69) is 10.1 Å². The molecule has 0 heterocycles. The second-order valence-corrected chi connectivity index (χ2v) is 3.15. The van der Waals surface area contributed by atoms with Crippen molar-refractivity contribution in [3.05, 3.63) is 18.2 Å². The van der Waals surface area contributed by atoms with Crippen molar-refractivity contribution in [1.29, 1.82) is 0 Å². The third-order valence-electron chi connectivity index (χ3n) is 1.90. The first-order valence-corrected chi connectivity index (χ1v) is 4.99. The molecule has 0 aliphatic heterocycles. The predicted octanol–water partition coefficient (Wildman–Crippen LogP) is 1.25. The van der Waals surface area contributed by atoms with E-state index in [1.165, 1.54) is 7.11 Å². The van der Waals surface area contributed by atoms with Gasteiger partial charge in [0.1, 0.15) is 12.3 Å². The summed E-state index contributed by atoms with van der Waals surface area (Å²) < 4.78 is 9.84. The van der Waals surface area contributed by atoms with Crippen molar-refractivity contribution in [3.63, 3.8) is 0 Å². The summed E-state index contributed by atoms with van der Waals surface area (Å²) in [5.74, 6) is 0.343. The molecule has 1 aromatic carbocycles. The first-order chi connectivity index (χ1) is 7.65. The number of hydrogen-bond donors (Lipinski definition) is 2. The number of carbonyl (C=O) groups is 1. The minimum atomic E-state index is -0.333. The zero-order chi connectivity index (χ0) is 12.0. The smallest absolute Gasteiger partial charge is 0.325 e. The average Bonchev–Trinajstić information content (AvgIpc) is 2.25. The van der Waals surface area contributed by atoms with Crippen LogP contribution in [0.1, 0.15) is 6.92 Å². The molecule has 0 bridgehead atoms. The Kier molecular flexibility index (Phi) is 4.44. The first-order valence-electron chi connectivity index (χ1n) is 4.99. The van der Waals surface area contributed by atoms with Gasteiger partial charge in [0.05, 0.1) is 13.7 Å². The highest BCUT2D eigenvalue weighted by molar-refractivity contribution is 5.75. The lowest BCUT2D eigenvalue weighted by atomic mass is 10.2. The van der Waals surface area contributed by atoms with Gasteiger partial charge in [-0.25, -0.2) is 0 Å². The lowest BCUT2D eigenvalue weighted by Crippen LogP contribution is -2.15.